The molecule has 3 heteroatoms. The molecule has 3 atom stereocenters. The van der Waals surface area contributed by atoms with Crippen LogP contribution in [0.2, 0.25) is 0 Å². The lowest BCUT2D eigenvalue weighted by atomic mass is 10.1. The van der Waals surface area contributed by atoms with Crippen LogP contribution in [0.1, 0.15) is 33.1 Å². The van der Waals surface area contributed by atoms with Gasteiger partial charge in [-0.25, -0.2) is 0 Å². The summed E-state index contributed by atoms with van der Waals surface area (Å²) in [5.41, 5.74) is 0. The number of ether oxygens (including phenoxy) is 1. The van der Waals surface area contributed by atoms with Crippen molar-refractivity contribution in [3.05, 3.63) is 0 Å². The first-order valence-corrected chi connectivity index (χ1v) is 6.15. The van der Waals surface area contributed by atoms with Crippen LogP contribution in [-0.4, -0.2) is 50.3 Å². The Bertz CT molecular complexity index is 175. The van der Waals surface area contributed by atoms with E-state index in [1.54, 1.807) is 0 Å². The molecule has 0 aromatic heterocycles. The molecule has 1 fully saturated rings. The molecule has 0 aromatic rings. The van der Waals surface area contributed by atoms with Crippen molar-refractivity contribution >= 4 is 0 Å². The summed E-state index contributed by atoms with van der Waals surface area (Å²) in [5.74, 6) is 0. The first kappa shape index (κ1) is 12.9. The van der Waals surface area contributed by atoms with E-state index in [0.29, 0.717) is 18.2 Å². The molecule has 0 radical (unpaired) electrons. The second-order valence-corrected chi connectivity index (χ2v) is 4.69. The number of rotatable bonds is 6. The van der Waals surface area contributed by atoms with Gasteiger partial charge in [-0.15, -0.1) is 0 Å². The zero-order valence-electron chi connectivity index (χ0n) is 10.6. The van der Waals surface area contributed by atoms with Crippen molar-refractivity contribution in [3.8, 4) is 0 Å². The fourth-order valence-corrected chi connectivity index (χ4v) is 2.36. The minimum absolute atomic E-state index is 0.404. The fraction of sp³-hybridized carbons (Fsp3) is 1.00. The number of likely N-dealkylation sites (N-methyl/N-ethyl adjacent to an activating group) is 1. The number of nitrogens with one attached hydrogen (secondary N) is 1. The van der Waals surface area contributed by atoms with Crippen LogP contribution >= 0.6 is 0 Å². The highest BCUT2D eigenvalue weighted by Gasteiger charge is 2.29. The van der Waals surface area contributed by atoms with Crippen molar-refractivity contribution < 1.29 is 4.74 Å². The highest BCUT2D eigenvalue weighted by molar-refractivity contribution is 4.83. The lowest BCUT2D eigenvalue weighted by Crippen LogP contribution is -2.42. The van der Waals surface area contributed by atoms with Crippen molar-refractivity contribution in [3.63, 3.8) is 0 Å². The maximum Gasteiger partial charge on any atom is 0.0703 e. The Morgan fingerprint density at radius 3 is 2.80 bits per heavy atom. The first-order valence-electron chi connectivity index (χ1n) is 6.15. The molecule has 1 aliphatic rings. The summed E-state index contributed by atoms with van der Waals surface area (Å²) in [4.78, 5) is 2.49. The minimum atomic E-state index is 0.404. The quantitative estimate of drug-likeness (QED) is 0.678. The van der Waals surface area contributed by atoms with Crippen LogP contribution in [-0.2, 0) is 4.74 Å². The number of hydrogen-bond donors (Lipinski definition) is 1. The second-order valence-electron chi connectivity index (χ2n) is 4.69. The molecule has 0 aromatic carbocycles. The Morgan fingerprint density at radius 2 is 2.27 bits per heavy atom. The van der Waals surface area contributed by atoms with Gasteiger partial charge in [-0.2, -0.15) is 0 Å². The molecule has 0 aliphatic carbocycles. The molecular weight excluding hydrogens is 188 g/mol. The highest BCUT2D eigenvalue weighted by atomic mass is 16.5. The molecule has 1 aliphatic heterocycles. The largest absolute Gasteiger partial charge is 0.377 e. The average Bonchev–Trinajstić information content (AvgIpc) is 2.63. The van der Waals surface area contributed by atoms with Crippen LogP contribution in [0.3, 0.4) is 0 Å². The minimum Gasteiger partial charge on any atom is -0.377 e. The van der Waals surface area contributed by atoms with Crippen LogP contribution < -0.4 is 5.32 Å². The molecule has 1 heterocycles. The summed E-state index contributed by atoms with van der Waals surface area (Å²) < 4.78 is 5.61. The summed E-state index contributed by atoms with van der Waals surface area (Å²) in [7, 11) is 4.25. The Kier molecular flexibility index (Phi) is 5.58. The van der Waals surface area contributed by atoms with Crippen molar-refractivity contribution in [1.29, 1.82) is 0 Å². The Hall–Kier alpha value is -0.120. The van der Waals surface area contributed by atoms with Crippen molar-refractivity contribution in [2.75, 3.05) is 27.2 Å². The summed E-state index contributed by atoms with van der Waals surface area (Å²) in [6.45, 7) is 6.56. The topological polar surface area (TPSA) is 24.5 Å². The van der Waals surface area contributed by atoms with Gasteiger partial charge in [0.15, 0.2) is 0 Å². The molecule has 1 saturated heterocycles. The molecule has 0 bridgehead atoms. The third-order valence-corrected chi connectivity index (χ3v) is 3.60. The molecule has 3 unspecified atom stereocenters. The number of hydrogen-bond acceptors (Lipinski definition) is 3. The van der Waals surface area contributed by atoms with Crippen LogP contribution in [0.15, 0.2) is 0 Å². The summed E-state index contributed by atoms with van der Waals surface area (Å²) in [6, 6.07) is 1.28. The molecule has 0 saturated carbocycles. The van der Waals surface area contributed by atoms with E-state index in [1.165, 1.54) is 19.3 Å². The molecule has 15 heavy (non-hydrogen) atoms. The Labute approximate surface area is 94.2 Å². The first-order chi connectivity index (χ1) is 7.16. The van der Waals surface area contributed by atoms with E-state index in [9.17, 15) is 0 Å². The van der Waals surface area contributed by atoms with E-state index in [-0.39, 0.29) is 0 Å². The summed E-state index contributed by atoms with van der Waals surface area (Å²) in [5, 5.41) is 3.20. The van der Waals surface area contributed by atoms with E-state index < -0.39 is 0 Å². The van der Waals surface area contributed by atoms with Gasteiger partial charge < -0.3 is 10.1 Å². The zero-order chi connectivity index (χ0) is 11.3. The lowest BCUT2D eigenvalue weighted by molar-refractivity contribution is 0.0686. The van der Waals surface area contributed by atoms with Gasteiger partial charge in [0.05, 0.1) is 6.10 Å². The van der Waals surface area contributed by atoms with Gasteiger partial charge in [0.2, 0.25) is 0 Å². The van der Waals surface area contributed by atoms with Gasteiger partial charge in [-0.3, -0.25) is 4.90 Å². The molecule has 90 valence electrons. The predicted molar refractivity (Wildman–Crippen MR) is 64.2 cm³/mol. The molecular formula is C12H26N2O. The van der Waals surface area contributed by atoms with Crippen LogP contribution in [0, 0.1) is 0 Å². The van der Waals surface area contributed by atoms with E-state index in [4.69, 9.17) is 4.74 Å². The van der Waals surface area contributed by atoms with Crippen molar-refractivity contribution in [1.82, 2.24) is 10.2 Å². The molecule has 3 nitrogen and oxygen atoms in total. The van der Waals surface area contributed by atoms with Crippen LogP contribution in [0.25, 0.3) is 0 Å². The van der Waals surface area contributed by atoms with E-state index in [0.717, 1.165) is 13.2 Å². The fourth-order valence-electron chi connectivity index (χ4n) is 2.36. The Balaban J connectivity index is 2.28. The predicted octanol–water partition coefficient (Wildman–Crippen LogP) is 1.48. The molecule has 0 spiro atoms. The Morgan fingerprint density at radius 1 is 1.53 bits per heavy atom. The van der Waals surface area contributed by atoms with E-state index >= 15 is 0 Å². The second kappa shape index (κ2) is 6.46. The van der Waals surface area contributed by atoms with Gasteiger partial charge in [-0.1, -0.05) is 0 Å². The third-order valence-electron chi connectivity index (χ3n) is 3.60. The molecule has 0 amide bonds. The SMILES string of the molecule is CNCCCC(C)N(C)C1CCOC1C. The maximum atomic E-state index is 5.61. The average molecular weight is 214 g/mol. The summed E-state index contributed by atoms with van der Waals surface area (Å²) >= 11 is 0. The third kappa shape index (κ3) is 3.74. The number of nitrogens with zero attached hydrogens (tertiary/aromatic N) is 1. The van der Waals surface area contributed by atoms with E-state index in [1.807, 2.05) is 7.05 Å². The van der Waals surface area contributed by atoms with Gasteiger partial charge in [0.1, 0.15) is 0 Å². The van der Waals surface area contributed by atoms with Crippen molar-refractivity contribution in [2.45, 2.75) is 51.3 Å². The standard InChI is InChI=1S/C12H26N2O/c1-10(6-5-8-13-3)14(4)12-7-9-15-11(12)2/h10-13H,5-9H2,1-4H3. The van der Waals surface area contributed by atoms with Gasteiger partial charge in [0.25, 0.3) is 0 Å². The van der Waals surface area contributed by atoms with Crippen LogP contribution in [0.4, 0.5) is 0 Å². The van der Waals surface area contributed by atoms with Gasteiger partial charge >= 0.3 is 0 Å². The van der Waals surface area contributed by atoms with Gasteiger partial charge in [0, 0.05) is 18.7 Å². The van der Waals surface area contributed by atoms with Gasteiger partial charge in [-0.05, 0) is 53.8 Å². The van der Waals surface area contributed by atoms with Crippen molar-refractivity contribution in [2.24, 2.45) is 0 Å². The lowest BCUT2D eigenvalue weighted by Gasteiger charge is -2.32. The molecule has 1 N–H and O–H groups in total. The smallest absolute Gasteiger partial charge is 0.0703 e. The highest BCUT2D eigenvalue weighted by Crippen LogP contribution is 2.21. The van der Waals surface area contributed by atoms with Crippen LogP contribution in [0.5, 0.6) is 0 Å². The zero-order valence-corrected chi connectivity index (χ0v) is 10.6. The monoisotopic (exact) mass is 214 g/mol. The summed E-state index contributed by atoms with van der Waals surface area (Å²) in [6.07, 6.45) is 4.11. The van der Waals surface area contributed by atoms with E-state index in [2.05, 4.69) is 31.1 Å². The normalized spacial score (nSPS) is 28.6. The molecule has 1 rings (SSSR count). The maximum absolute atomic E-state index is 5.61.